The summed E-state index contributed by atoms with van der Waals surface area (Å²) in [4.78, 5) is 4.69. The number of rotatable bonds is 5. The third-order valence-corrected chi connectivity index (χ3v) is 3.45. The number of nitrogens with one attached hydrogen (secondary N) is 1. The van der Waals surface area contributed by atoms with Crippen molar-refractivity contribution in [1.29, 1.82) is 0 Å². The number of aryl methyl sites for hydroxylation is 1. The second-order valence-electron chi connectivity index (χ2n) is 4.42. The van der Waals surface area contributed by atoms with Crippen molar-refractivity contribution in [2.75, 3.05) is 19.0 Å². The molecule has 1 aromatic heterocycles. The van der Waals surface area contributed by atoms with Crippen molar-refractivity contribution in [1.82, 2.24) is 4.98 Å². The molecule has 0 fully saturated rings. The van der Waals surface area contributed by atoms with Gasteiger partial charge in [0.25, 0.3) is 0 Å². The second-order valence-corrected chi connectivity index (χ2v) is 4.83. The predicted molar refractivity (Wildman–Crippen MR) is 81.5 cm³/mol. The van der Waals surface area contributed by atoms with E-state index in [2.05, 4.69) is 25.2 Å². The van der Waals surface area contributed by atoms with E-state index in [0.29, 0.717) is 5.02 Å². The Morgan fingerprint density at radius 3 is 2.74 bits per heavy atom. The maximum absolute atomic E-state index is 6.26. The zero-order valence-corrected chi connectivity index (χ0v) is 12.3. The molecule has 19 heavy (non-hydrogen) atoms. The SMILES string of the molecule is CCCNc1nc2c(OC)ccc(Cl)c2cc1CC. The van der Waals surface area contributed by atoms with Crippen molar-refractivity contribution in [3.63, 3.8) is 0 Å². The standard InChI is InChI=1S/C15H19ClN2O/c1-4-8-17-15-10(5-2)9-11-12(16)6-7-13(19-3)14(11)18-15/h6-7,9H,4-5,8H2,1-3H3,(H,17,18). The highest BCUT2D eigenvalue weighted by Gasteiger charge is 2.11. The number of aromatic nitrogens is 1. The van der Waals surface area contributed by atoms with Crippen LogP contribution in [0.2, 0.25) is 5.02 Å². The largest absolute Gasteiger partial charge is 0.494 e. The van der Waals surface area contributed by atoms with Gasteiger partial charge in [-0.2, -0.15) is 0 Å². The molecule has 1 aromatic carbocycles. The van der Waals surface area contributed by atoms with Crippen molar-refractivity contribution >= 4 is 28.3 Å². The first-order chi connectivity index (χ1) is 9.21. The van der Waals surface area contributed by atoms with Gasteiger partial charge in [0.1, 0.15) is 17.1 Å². The fourth-order valence-electron chi connectivity index (χ4n) is 2.07. The van der Waals surface area contributed by atoms with Gasteiger partial charge in [0.15, 0.2) is 0 Å². The lowest BCUT2D eigenvalue weighted by molar-refractivity contribution is 0.419. The van der Waals surface area contributed by atoms with E-state index >= 15 is 0 Å². The van der Waals surface area contributed by atoms with Crippen LogP contribution < -0.4 is 10.1 Å². The molecular formula is C15H19ClN2O. The Bertz CT molecular complexity index is 584. The lowest BCUT2D eigenvalue weighted by atomic mass is 10.1. The molecule has 0 aliphatic rings. The van der Waals surface area contributed by atoms with Crippen LogP contribution in [0.3, 0.4) is 0 Å². The monoisotopic (exact) mass is 278 g/mol. The number of ether oxygens (including phenoxy) is 1. The van der Waals surface area contributed by atoms with Crippen molar-refractivity contribution in [3.05, 3.63) is 28.8 Å². The van der Waals surface area contributed by atoms with Crippen LogP contribution in [0.1, 0.15) is 25.8 Å². The first-order valence-corrected chi connectivity index (χ1v) is 6.99. The number of hydrogen-bond donors (Lipinski definition) is 1. The molecule has 0 saturated carbocycles. The van der Waals surface area contributed by atoms with Crippen LogP contribution in [0.4, 0.5) is 5.82 Å². The van der Waals surface area contributed by atoms with E-state index in [9.17, 15) is 0 Å². The fraction of sp³-hybridized carbons (Fsp3) is 0.400. The second kappa shape index (κ2) is 6.11. The van der Waals surface area contributed by atoms with Crippen molar-refractivity contribution in [3.8, 4) is 5.75 Å². The highest BCUT2D eigenvalue weighted by atomic mass is 35.5. The minimum Gasteiger partial charge on any atom is -0.494 e. The van der Waals surface area contributed by atoms with Crippen LogP contribution in [-0.2, 0) is 6.42 Å². The van der Waals surface area contributed by atoms with Crippen LogP contribution in [0, 0.1) is 0 Å². The third-order valence-electron chi connectivity index (χ3n) is 3.12. The van der Waals surface area contributed by atoms with Crippen molar-refractivity contribution in [2.24, 2.45) is 0 Å². The van der Waals surface area contributed by atoms with E-state index in [1.165, 1.54) is 5.56 Å². The average molecular weight is 279 g/mol. The number of anilines is 1. The first-order valence-electron chi connectivity index (χ1n) is 6.61. The predicted octanol–water partition coefficient (Wildman–Crippen LogP) is 4.28. The number of pyridine rings is 1. The van der Waals surface area contributed by atoms with Gasteiger partial charge in [-0.3, -0.25) is 0 Å². The molecule has 4 heteroatoms. The molecule has 2 rings (SSSR count). The zero-order chi connectivity index (χ0) is 13.8. The first kappa shape index (κ1) is 13.9. The van der Waals surface area contributed by atoms with Gasteiger partial charge in [0.05, 0.1) is 12.1 Å². The van der Waals surface area contributed by atoms with E-state index < -0.39 is 0 Å². The molecule has 0 atom stereocenters. The maximum atomic E-state index is 6.26. The topological polar surface area (TPSA) is 34.2 Å². The molecule has 0 aliphatic heterocycles. The molecule has 0 saturated heterocycles. The summed E-state index contributed by atoms with van der Waals surface area (Å²) in [5.41, 5.74) is 1.99. The molecular weight excluding hydrogens is 260 g/mol. The van der Waals surface area contributed by atoms with Gasteiger partial charge in [-0.25, -0.2) is 4.98 Å². The molecule has 3 nitrogen and oxygen atoms in total. The van der Waals surface area contributed by atoms with E-state index in [1.54, 1.807) is 7.11 Å². The summed E-state index contributed by atoms with van der Waals surface area (Å²) in [5, 5.41) is 5.02. The van der Waals surface area contributed by atoms with Crippen molar-refractivity contribution < 1.29 is 4.74 Å². The molecule has 0 radical (unpaired) electrons. The number of nitrogens with zero attached hydrogens (tertiary/aromatic N) is 1. The molecule has 0 bridgehead atoms. The highest BCUT2D eigenvalue weighted by molar-refractivity contribution is 6.35. The quantitative estimate of drug-likeness (QED) is 0.886. The lowest BCUT2D eigenvalue weighted by Crippen LogP contribution is -2.05. The van der Waals surface area contributed by atoms with E-state index in [-0.39, 0.29) is 0 Å². The Kier molecular flexibility index (Phi) is 4.48. The molecule has 0 aliphatic carbocycles. The number of methoxy groups -OCH3 is 1. The lowest BCUT2D eigenvalue weighted by Gasteiger charge is -2.13. The molecule has 102 valence electrons. The van der Waals surface area contributed by atoms with Gasteiger partial charge in [-0.1, -0.05) is 25.4 Å². The Hall–Kier alpha value is -1.48. The highest BCUT2D eigenvalue weighted by Crippen LogP contribution is 2.33. The summed E-state index contributed by atoms with van der Waals surface area (Å²) >= 11 is 6.26. The minimum atomic E-state index is 0.708. The number of halogens is 1. The minimum absolute atomic E-state index is 0.708. The summed E-state index contributed by atoms with van der Waals surface area (Å²) in [6, 6.07) is 5.81. The molecule has 1 heterocycles. The molecule has 1 N–H and O–H groups in total. The summed E-state index contributed by atoms with van der Waals surface area (Å²) < 4.78 is 5.37. The smallest absolute Gasteiger partial charge is 0.145 e. The van der Waals surface area contributed by atoms with Crippen LogP contribution in [0.25, 0.3) is 10.9 Å². The van der Waals surface area contributed by atoms with Crippen LogP contribution in [0.5, 0.6) is 5.75 Å². The number of fused-ring (bicyclic) bond motifs is 1. The Morgan fingerprint density at radius 1 is 1.32 bits per heavy atom. The van der Waals surface area contributed by atoms with Gasteiger partial charge in [0.2, 0.25) is 0 Å². The zero-order valence-electron chi connectivity index (χ0n) is 11.6. The number of benzene rings is 1. The van der Waals surface area contributed by atoms with Gasteiger partial charge in [0, 0.05) is 11.9 Å². The van der Waals surface area contributed by atoms with Gasteiger partial charge < -0.3 is 10.1 Å². The van der Waals surface area contributed by atoms with Crippen molar-refractivity contribution in [2.45, 2.75) is 26.7 Å². The Morgan fingerprint density at radius 2 is 2.11 bits per heavy atom. The maximum Gasteiger partial charge on any atom is 0.145 e. The van der Waals surface area contributed by atoms with Gasteiger partial charge in [-0.05, 0) is 36.6 Å². The molecule has 0 amide bonds. The molecule has 0 unspecified atom stereocenters. The summed E-state index contributed by atoms with van der Waals surface area (Å²) in [6.45, 7) is 5.17. The molecule has 2 aromatic rings. The summed E-state index contributed by atoms with van der Waals surface area (Å²) in [7, 11) is 1.65. The van der Waals surface area contributed by atoms with Crippen LogP contribution in [0.15, 0.2) is 18.2 Å². The van der Waals surface area contributed by atoms with E-state index in [1.807, 2.05) is 12.1 Å². The van der Waals surface area contributed by atoms with Gasteiger partial charge >= 0.3 is 0 Å². The Balaban J connectivity index is 2.63. The third kappa shape index (κ3) is 2.76. The number of hydrogen-bond acceptors (Lipinski definition) is 3. The summed E-state index contributed by atoms with van der Waals surface area (Å²) in [5.74, 6) is 1.68. The van der Waals surface area contributed by atoms with E-state index in [0.717, 1.165) is 41.9 Å². The van der Waals surface area contributed by atoms with E-state index in [4.69, 9.17) is 21.3 Å². The fourth-order valence-corrected chi connectivity index (χ4v) is 2.28. The summed E-state index contributed by atoms with van der Waals surface area (Å²) in [6.07, 6.45) is 1.98. The molecule has 0 spiro atoms. The Labute approximate surface area is 118 Å². The van der Waals surface area contributed by atoms with Gasteiger partial charge in [-0.15, -0.1) is 0 Å². The van der Waals surface area contributed by atoms with Crippen LogP contribution in [-0.4, -0.2) is 18.6 Å². The van der Waals surface area contributed by atoms with Crippen LogP contribution >= 0.6 is 11.6 Å². The normalized spacial score (nSPS) is 10.7. The average Bonchev–Trinajstić information content (AvgIpc) is 2.44.